The van der Waals surface area contributed by atoms with Gasteiger partial charge in [0.05, 0.1) is 6.61 Å². The van der Waals surface area contributed by atoms with Gasteiger partial charge in [-0.3, -0.25) is 0 Å². The second kappa shape index (κ2) is 15.7. The summed E-state index contributed by atoms with van der Waals surface area (Å²) in [5, 5.41) is 0. The molecular weight excluding hydrogens is 427 g/mol. The van der Waals surface area contributed by atoms with Gasteiger partial charge >= 0.3 is 5.97 Å². The third-order valence-corrected chi connectivity index (χ3v) is 5.09. The third kappa shape index (κ3) is 12.5. The first-order valence-corrected chi connectivity index (χ1v) is 11.2. The first-order chi connectivity index (χ1) is 12.2. The summed E-state index contributed by atoms with van der Waals surface area (Å²) in [6.45, 7) is 2.77. The van der Waals surface area contributed by atoms with Gasteiger partial charge in [0.25, 0.3) is 0 Å². The Morgan fingerprint density at radius 3 is 1.76 bits per heavy atom. The lowest BCUT2D eigenvalue weighted by molar-refractivity contribution is 0.0459. The number of unbranched alkanes of at least 4 members (excludes halogenated alkanes) is 13. The first kappa shape index (κ1) is 22.5. The van der Waals surface area contributed by atoms with E-state index < -0.39 is 0 Å². The van der Waals surface area contributed by atoms with Crippen molar-refractivity contribution in [3.8, 4) is 0 Å². The maximum absolute atomic E-state index is 11.7. The Hall–Kier alpha value is -0.520. The number of rotatable bonds is 16. The molecule has 1 aromatic heterocycles. The molecule has 144 valence electrons. The molecule has 0 saturated carbocycles. The largest absolute Gasteiger partial charge is 0.460 e. The molecule has 1 heterocycles. The zero-order valence-corrected chi connectivity index (χ0v) is 18.0. The molecule has 0 aliphatic heterocycles. The van der Waals surface area contributed by atoms with Crippen LogP contribution in [0.25, 0.3) is 0 Å². The van der Waals surface area contributed by atoms with E-state index in [1.807, 2.05) is 22.6 Å². The zero-order chi connectivity index (χ0) is 18.2. The number of hydrogen-bond donors (Lipinski definition) is 0. The molecule has 4 heteroatoms. The summed E-state index contributed by atoms with van der Waals surface area (Å²) in [6, 6.07) is 3.43. The third-order valence-electron chi connectivity index (χ3n) is 4.51. The fourth-order valence-corrected chi connectivity index (χ4v) is 3.37. The predicted molar refractivity (Wildman–Crippen MR) is 112 cm³/mol. The van der Waals surface area contributed by atoms with Gasteiger partial charge < -0.3 is 9.15 Å². The molecule has 0 aliphatic carbocycles. The predicted octanol–water partition coefficient (Wildman–Crippen LogP) is 7.52. The Morgan fingerprint density at radius 2 is 1.32 bits per heavy atom. The minimum absolute atomic E-state index is 0.301. The Kier molecular flexibility index (Phi) is 14.2. The number of ether oxygens (including phenoxy) is 1. The number of halogens is 1. The average Bonchev–Trinajstić information content (AvgIpc) is 3.04. The minimum atomic E-state index is -0.349. The number of hydrogen-bond acceptors (Lipinski definition) is 3. The highest BCUT2D eigenvalue weighted by atomic mass is 127. The van der Waals surface area contributed by atoms with Gasteiger partial charge in [0.2, 0.25) is 5.76 Å². The second-order valence-electron chi connectivity index (χ2n) is 6.84. The molecule has 0 bridgehead atoms. The standard InChI is InChI=1S/C21H35IO3/c1-2-3-4-5-6-7-8-9-10-11-12-13-14-15-18-24-21(23)19-16-17-20(22)25-19/h16-17H,2-15,18H2,1H3. The van der Waals surface area contributed by atoms with Gasteiger partial charge in [-0.05, 0) is 41.1 Å². The van der Waals surface area contributed by atoms with E-state index in [1.54, 1.807) is 12.1 Å². The van der Waals surface area contributed by atoms with E-state index in [1.165, 1.54) is 77.0 Å². The highest BCUT2D eigenvalue weighted by Crippen LogP contribution is 2.14. The lowest BCUT2D eigenvalue weighted by Crippen LogP contribution is -2.05. The quantitative estimate of drug-likeness (QED) is 0.145. The molecule has 0 spiro atoms. The maximum Gasteiger partial charge on any atom is 0.374 e. The van der Waals surface area contributed by atoms with Gasteiger partial charge in [-0.2, -0.15) is 0 Å². The lowest BCUT2D eigenvalue weighted by Gasteiger charge is -2.04. The van der Waals surface area contributed by atoms with E-state index in [2.05, 4.69) is 6.92 Å². The van der Waals surface area contributed by atoms with E-state index in [4.69, 9.17) is 9.15 Å². The van der Waals surface area contributed by atoms with Crippen molar-refractivity contribution in [2.75, 3.05) is 6.61 Å². The smallest absolute Gasteiger partial charge is 0.374 e. The molecular formula is C21H35IO3. The summed E-state index contributed by atoms with van der Waals surface area (Å²) >= 11 is 2.04. The topological polar surface area (TPSA) is 39.4 Å². The summed E-state index contributed by atoms with van der Waals surface area (Å²) in [5.41, 5.74) is 0. The van der Waals surface area contributed by atoms with Crippen LogP contribution >= 0.6 is 22.6 Å². The summed E-state index contributed by atoms with van der Waals surface area (Å²) in [4.78, 5) is 11.7. The van der Waals surface area contributed by atoms with E-state index in [9.17, 15) is 4.79 Å². The van der Waals surface area contributed by atoms with Crippen molar-refractivity contribution in [3.05, 3.63) is 21.7 Å². The molecule has 25 heavy (non-hydrogen) atoms. The van der Waals surface area contributed by atoms with Crippen LogP contribution in [-0.2, 0) is 4.74 Å². The normalized spacial score (nSPS) is 11.0. The van der Waals surface area contributed by atoms with E-state index in [0.29, 0.717) is 16.1 Å². The number of carbonyl (C=O) groups excluding carboxylic acids is 1. The Bertz CT molecular complexity index is 442. The first-order valence-electron chi connectivity index (χ1n) is 10.2. The van der Waals surface area contributed by atoms with E-state index >= 15 is 0 Å². The molecule has 0 aromatic carbocycles. The number of furan rings is 1. The summed E-state index contributed by atoms with van der Waals surface area (Å²) in [5.74, 6) is -0.0487. The molecule has 0 fully saturated rings. The van der Waals surface area contributed by atoms with Crippen LogP contribution in [0.3, 0.4) is 0 Å². The molecule has 3 nitrogen and oxygen atoms in total. The summed E-state index contributed by atoms with van der Waals surface area (Å²) in [7, 11) is 0. The average molecular weight is 462 g/mol. The fraction of sp³-hybridized carbons (Fsp3) is 0.762. The van der Waals surface area contributed by atoms with Gasteiger partial charge in [-0.1, -0.05) is 90.4 Å². The van der Waals surface area contributed by atoms with Crippen LogP contribution in [0.15, 0.2) is 16.5 Å². The van der Waals surface area contributed by atoms with Crippen molar-refractivity contribution in [2.24, 2.45) is 0 Å². The van der Waals surface area contributed by atoms with Crippen molar-refractivity contribution < 1.29 is 13.9 Å². The Morgan fingerprint density at radius 1 is 0.840 bits per heavy atom. The van der Waals surface area contributed by atoms with Crippen LogP contribution in [0.2, 0.25) is 0 Å². The molecule has 0 radical (unpaired) electrons. The molecule has 0 aliphatic rings. The fourth-order valence-electron chi connectivity index (χ4n) is 2.96. The highest BCUT2D eigenvalue weighted by Gasteiger charge is 2.11. The second-order valence-corrected chi connectivity index (χ2v) is 7.90. The van der Waals surface area contributed by atoms with Crippen molar-refractivity contribution in [1.29, 1.82) is 0 Å². The van der Waals surface area contributed by atoms with Crippen LogP contribution in [0.5, 0.6) is 0 Å². The van der Waals surface area contributed by atoms with Gasteiger partial charge in [0, 0.05) is 0 Å². The van der Waals surface area contributed by atoms with Gasteiger partial charge in [0.1, 0.15) is 0 Å². The monoisotopic (exact) mass is 462 g/mol. The lowest BCUT2D eigenvalue weighted by atomic mass is 10.0. The highest BCUT2D eigenvalue weighted by molar-refractivity contribution is 14.1. The molecule has 1 rings (SSSR count). The van der Waals surface area contributed by atoms with Gasteiger partial charge in [-0.15, -0.1) is 0 Å². The minimum Gasteiger partial charge on any atom is -0.460 e. The molecule has 0 atom stereocenters. The van der Waals surface area contributed by atoms with Gasteiger partial charge in [-0.25, -0.2) is 4.79 Å². The zero-order valence-electron chi connectivity index (χ0n) is 15.9. The molecule has 0 saturated heterocycles. The Labute approximate surface area is 167 Å². The van der Waals surface area contributed by atoms with Crippen LogP contribution in [-0.4, -0.2) is 12.6 Å². The van der Waals surface area contributed by atoms with E-state index in [0.717, 1.165) is 12.8 Å². The Balaban J connectivity index is 1.78. The SMILES string of the molecule is CCCCCCCCCCCCCCCCOC(=O)c1ccc(I)o1. The van der Waals surface area contributed by atoms with Crippen LogP contribution in [0.1, 0.15) is 107 Å². The van der Waals surface area contributed by atoms with Gasteiger partial charge in [0.15, 0.2) is 3.77 Å². The van der Waals surface area contributed by atoms with Crippen LogP contribution < -0.4 is 0 Å². The van der Waals surface area contributed by atoms with Crippen molar-refractivity contribution in [1.82, 2.24) is 0 Å². The number of carbonyl (C=O) groups is 1. The van der Waals surface area contributed by atoms with E-state index in [-0.39, 0.29) is 5.97 Å². The maximum atomic E-state index is 11.7. The van der Waals surface area contributed by atoms with Crippen molar-refractivity contribution in [2.45, 2.75) is 96.8 Å². The van der Waals surface area contributed by atoms with Crippen LogP contribution in [0.4, 0.5) is 0 Å². The number of esters is 1. The summed E-state index contributed by atoms with van der Waals surface area (Å²) in [6.07, 6.45) is 18.6. The summed E-state index contributed by atoms with van der Waals surface area (Å²) < 4.78 is 11.2. The molecule has 0 N–H and O–H groups in total. The van der Waals surface area contributed by atoms with Crippen molar-refractivity contribution in [3.63, 3.8) is 0 Å². The molecule has 0 unspecified atom stereocenters. The van der Waals surface area contributed by atoms with Crippen molar-refractivity contribution >= 4 is 28.6 Å². The van der Waals surface area contributed by atoms with Crippen LogP contribution in [0, 0.1) is 3.77 Å². The molecule has 0 amide bonds. The molecule has 1 aromatic rings.